The summed E-state index contributed by atoms with van der Waals surface area (Å²) >= 11 is 0. The molecule has 1 rings (SSSR count). The van der Waals surface area contributed by atoms with Gasteiger partial charge in [0, 0.05) is 0 Å². The fourth-order valence-corrected chi connectivity index (χ4v) is 1.20. The molecule has 0 radical (unpaired) electrons. The third-order valence-electron chi connectivity index (χ3n) is 1.89. The molecule has 0 aromatic heterocycles. The number of hydrogen-bond donors (Lipinski definition) is 2. The van der Waals surface area contributed by atoms with Crippen LogP contribution in [0.4, 0.5) is 9.59 Å². The molecule has 0 aromatic rings. The normalized spacial score (nSPS) is 17.5. The van der Waals surface area contributed by atoms with Gasteiger partial charge in [0.05, 0.1) is 0 Å². The maximum absolute atomic E-state index is 10.1. The van der Waals surface area contributed by atoms with Crippen LogP contribution in [0.15, 0.2) is 0 Å². The number of hydrogen-bond acceptors (Lipinski definition) is 4. The van der Waals surface area contributed by atoms with Crippen molar-refractivity contribution in [3.8, 4) is 0 Å². The predicted octanol–water partition coefficient (Wildman–Crippen LogP) is -2.27. The van der Waals surface area contributed by atoms with Crippen LogP contribution in [-0.4, -0.2) is 17.8 Å². The summed E-state index contributed by atoms with van der Waals surface area (Å²) in [6.07, 6.45) is -1.31. The van der Waals surface area contributed by atoms with E-state index in [2.05, 4.69) is 0 Å². The number of amides is 2. The molecule has 1 fully saturated rings. The maximum Gasteiger partial charge on any atom is 2.00 e. The molecule has 2 amide bonds. The molecule has 0 aromatic carbocycles. The second-order valence-electron chi connectivity index (χ2n) is 2.76. The van der Waals surface area contributed by atoms with Crippen LogP contribution in [0.5, 0.6) is 0 Å². The summed E-state index contributed by atoms with van der Waals surface area (Å²) in [5, 5.41) is 24.2. The van der Waals surface area contributed by atoms with Gasteiger partial charge in [-0.3, -0.25) is 0 Å². The van der Waals surface area contributed by atoms with Crippen LogP contribution in [-0.2, 0) is 21.1 Å². The summed E-state index contributed by atoms with van der Waals surface area (Å²) in [5.74, 6) is 0. The molecule has 6 nitrogen and oxygen atoms in total. The van der Waals surface area contributed by atoms with Crippen molar-refractivity contribution in [2.24, 2.45) is 0 Å². The van der Waals surface area contributed by atoms with Crippen molar-refractivity contribution in [3.63, 3.8) is 0 Å². The van der Waals surface area contributed by atoms with Gasteiger partial charge in [-0.2, -0.15) is 0 Å². The maximum atomic E-state index is 10.1. The van der Waals surface area contributed by atoms with Gasteiger partial charge in [-0.15, -0.1) is 0 Å². The first kappa shape index (κ1) is 12.2. The van der Waals surface area contributed by atoms with Crippen LogP contribution in [0.3, 0.4) is 0 Å². The molecule has 13 heavy (non-hydrogen) atoms. The van der Waals surface area contributed by atoms with Crippen molar-refractivity contribution in [1.29, 1.82) is 0 Å². The van der Waals surface area contributed by atoms with Gasteiger partial charge in [-0.05, 0) is 19.3 Å². The minimum absolute atomic E-state index is 0. The Morgan fingerprint density at radius 1 is 1.08 bits per heavy atom. The SMILES string of the molecule is O=C([O-])NC1(NC(=O)[O-])CCC1.[Pt+2]. The number of nitrogens with one attached hydrogen (secondary N) is 2. The Bertz CT molecular complexity index is 199. The van der Waals surface area contributed by atoms with Crippen molar-refractivity contribution in [3.05, 3.63) is 0 Å². The molecule has 2 N–H and O–H groups in total. The number of carbonyl (C=O) groups is 2. The monoisotopic (exact) mass is 367 g/mol. The molecular weight excluding hydrogens is 359 g/mol. The van der Waals surface area contributed by atoms with Crippen LogP contribution in [0.2, 0.25) is 0 Å². The third kappa shape index (κ3) is 3.22. The quantitative estimate of drug-likeness (QED) is 0.537. The summed E-state index contributed by atoms with van der Waals surface area (Å²) in [6.45, 7) is 0. The van der Waals surface area contributed by atoms with Gasteiger partial charge in [0.15, 0.2) is 0 Å². The largest absolute Gasteiger partial charge is 2.00 e. The van der Waals surface area contributed by atoms with Gasteiger partial charge in [-0.1, -0.05) is 0 Å². The van der Waals surface area contributed by atoms with E-state index in [0.29, 0.717) is 12.8 Å². The van der Waals surface area contributed by atoms with Gasteiger partial charge < -0.3 is 30.4 Å². The van der Waals surface area contributed by atoms with E-state index in [9.17, 15) is 19.8 Å². The van der Waals surface area contributed by atoms with Gasteiger partial charge in [0.2, 0.25) is 0 Å². The summed E-state index contributed by atoms with van der Waals surface area (Å²) in [7, 11) is 0. The first-order chi connectivity index (χ1) is 5.54. The molecule has 1 saturated carbocycles. The molecule has 0 unspecified atom stereocenters. The summed E-state index contributed by atoms with van der Waals surface area (Å²) in [6, 6.07) is 0. The molecular formula is C6H8N2O4Pt. The Balaban J connectivity index is 0.00000144. The zero-order chi connectivity index (χ0) is 9.19. The van der Waals surface area contributed by atoms with Crippen LogP contribution in [0.25, 0.3) is 0 Å². The Morgan fingerprint density at radius 3 is 1.62 bits per heavy atom. The fraction of sp³-hybridized carbons (Fsp3) is 0.667. The summed E-state index contributed by atoms with van der Waals surface area (Å²) in [4.78, 5) is 20.2. The van der Waals surface area contributed by atoms with E-state index >= 15 is 0 Å². The van der Waals surface area contributed by atoms with Crippen LogP contribution in [0, 0.1) is 0 Å². The predicted molar refractivity (Wildman–Crippen MR) is 33.6 cm³/mol. The van der Waals surface area contributed by atoms with Crippen LogP contribution in [0.1, 0.15) is 19.3 Å². The van der Waals surface area contributed by atoms with Crippen molar-refractivity contribution < 1.29 is 40.9 Å². The van der Waals surface area contributed by atoms with Crippen molar-refractivity contribution >= 4 is 12.2 Å². The Kier molecular flexibility index (Phi) is 4.20. The molecule has 0 spiro atoms. The summed E-state index contributed by atoms with van der Waals surface area (Å²) in [5.41, 5.74) is -1.06. The minimum Gasteiger partial charge on any atom is -0.530 e. The minimum atomic E-state index is -1.48. The first-order valence-electron chi connectivity index (χ1n) is 3.52. The number of carbonyl (C=O) groups excluding carboxylic acids is 2. The standard InChI is InChI=1S/C6H10N2O4.Pt/c9-4(10)7-6(2-1-3-6)8-5(11)12;/h7-8H,1-3H2,(H,9,10)(H,11,12);/q;+2/p-2. The van der Waals surface area contributed by atoms with Crippen LogP contribution >= 0.6 is 0 Å². The van der Waals surface area contributed by atoms with Gasteiger partial charge in [-0.25, -0.2) is 0 Å². The molecule has 1 aliphatic carbocycles. The van der Waals surface area contributed by atoms with Crippen molar-refractivity contribution in [1.82, 2.24) is 10.6 Å². The molecule has 0 bridgehead atoms. The summed E-state index contributed by atoms with van der Waals surface area (Å²) < 4.78 is 0. The van der Waals surface area contributed by atoms with Crippen molar-refractivity contribution in [2.45, 2.75) is 24.9 Å². The van der Waals surface area contributed by atoms with E-state index < -0.39 is 17.8 Å². The van der Waals surface area contributed by atoms with E-state index in [1.807, 2.05) is 10.6 Å². The van der Waals surface area contributed by atoms with Crippen LogP contribution < -0.4 is 20.8 Å². The zero-order valence-electron chi connectivity index (χ0n) is 6.57. The van der Waals surface area contributed by atoms with Gasteiger partial charge in [0.1, 0.15) is 17.8 Å². The van der Waals surface area contributed by atoms with Gasteiger partial charge >= 0.3 is 21.1 Å². The fourth-order valence-electron chi connectivity index (χ4n) is 1.20. The van der Waals surface area contributed by atoms with E-state index in [-0.39, 0.29) is 21.1 Å². The Hall–Kier alpha value is -0.772. The number of rotatable bonds is 2. The molecule has 0 saturated heterocycles. The second-order valence-corrected chi connectivity index (χ2v) is 2.76. The molecule has 7 heteroatoms. The molecule has 0 aliphatic heterocycles. The van der Waals surface area contributed by atoms with E-state index in [4.69, 9.17) is 0 Å². The first-order valence-corrected chi connectivity index (χ1v) is 3.52. The molecule has 1 aliphatic rings. The molecule has 0 atom stereocenters. The molecule has 0 heterocycles. The third-order valence-corrected chi connectivity index (χ3v) is 1.89. The molecule has 76 valence electrons. The van der Waals surface area contributed by atoms with E-state index in [1.165, 1.54) is 0 Å². The second kappa shape index (κ2) is 4.46. The average molecular weight is 367 g/mol. The number of carboxylic acid groups (broad SMARTS) is 2. The smallest absolute Gasteiger partial charge is 0.530 e. The van der Waals surface area contributed by atoms with Crippen molar-refractivity contribution in [2.75, 3.05) is 0 Å². The Labute approximate surface area is 89.0 Å². The van der Waals surface area contributed by atoms with Gasteiger partial charge in [0.25, 0.3) is 0 Å². The van der Waals surface area contributed by atoms with E-state index in [1.54, 1.807) is 0 Å². The topological polar surface area (TPSA) is 104 Å². The van der Waals surface area contributed by atoms with E-state index in [0.717, 1.165) is 6.42 Å². The zero-order valence-corrected chi connectivity index (χ0v) is 8.84. The Morgan fingerprint density at radius 2 is 1.46 bits per heavy atom. The average Bonchev–Trinajstić information content (AvgIpc) is 1.80.